The summed E-state index contributed by atoms with van der Waals surface area (Å²) in [5.74, 6) is 0.335. The molecule has 1 heterocycles. The van der Waals surface area contributed by atoms with Gasteiger partial charge in [-0.15, -0.1) is 0 Å². The van der Waals surface area contributed by atoms with E-state index in [1.165, 1.54) is 24.9 Å². The second kappa shape index (κ2) is 11.0. The van der Waals surface area contributed by atoms with Crippen molar-refractivity contribution in [3.8, 4) is 5.75 Å². The molecule has 0 saturated heterocycles. The number of thioether (sulfide) groups is 1. The third-order valence-electron chi connectivity index (χ3n) is 4.85. The van der Waals surface area contributed by atoms with Crippen molar-refractivity contribution in [2.45, 2.75) is 32.1 Å². The Morgan fingerprint density at radius 2 is 1.94 bits per heavy atom. The maximum absolute atomic E-state index is 13.1. The first-order valence-electron chi connectivity index (χ1n) is 10.5. The Hall–Kier alpha value is -3.33. The molecule has 0 radical (unpaired) electrons. The molecule has 0 bridgehead atoms. The quantitative estimate of drug-likeness (QED) is 0.292. The summed E-state index contributed by atoms with van der Waals surface area (Å²) in [4.78, 5) is 42.1. The van der Waals surface area contributed by atoms with E-state index in [1.807, 2.05) is 38.1 Å². The minimum Gasteiger partial charge on any atom is -0.497 e. The Labute approximate surface area is 196 Å². The van der Waals surface area contributed by atoms with Crippen LogP contribution in [0.15, 0.2) is 52.4 Å². The van der Waals surface area contributed by atoms with Crippen LogP contribution in [0.5, 0.6) is 5.75 Å². The number of amides is 1. The van der Waals surface area contributed by atoms with Crippen LogP contribution in [0.3, 0.4) is 0 Å². The summed E-state index contributed by atoms with van der Waals surface area (Å²) in [7, 11) is 2.89. The molecule has 1 amide bonds. The van der Waals surface area contributed by atoms with E-state index < -0.39 is 5.97 Å². The third-order valence-corrected chi connectivity index (χ3v) is 5.82. The number of ether oxygens (including phenoxy) is 2. The molecule has 3 rings (SSSR count). The van der Waals surface area contributed by atoms with Crippen molar-refractivity contribution >= 4 is 34.5 Å². The standard InChI is InChI=1S/C24H27N3O5S/c1-15(2)13-27-22(29)19-9-8-17(23(30)32-4)11-20(19)26-24(27)33-14-21(28)25-12-16-6-5-7-18(10-16)31-3/h5-11,15H,12-14H2,1-4H3,(H,25,28). The van der Waals surface area contributed by atoms with Crippen molar-refractivity contribution < 1.29 is 19.1 Å². The van der Waals surface area contributed by atoms with Crippen LogP contribution >= 0.6 is 11.8 Å². The Morgan fingerprint density at radius 1 is 1.15 bits per heavy atom. The van der Waals surface area contributed by atoms with E-state index in [4.69, 9.17) is 9.47 Å². The maximum atomic E-state index is 13.1. The molecular weight excluding hydrogens is 442 g/mol. The highest BCUT2D eigenvalue weighted by atomic mass is 32.2. The van der Waals surface area contributed by atoms with Gasteiger partial charge in [-0.3, -0.25) is 14.2 Å². The zero-order chi connectivity index (χ0) is 24.0. The average Bonchev–Trinajstić information content (AvgIpc) is 2.82. The first kappa shape index (κ1) is 24.3. The number of rotatable bonds is 9. The topological polar surface area (TPSA) is 99.5 Å². The van der Waals surface area contributed by atoms with E-state index in [-0.39, 0.29) is 23.1 Å². The molecule has 8 nitrogen and oxygen atoms in total. The summed E-state index contributed by atoms with van der Waals surface area (Å²) >= 11 is 1.19. The fraction of sp³-hybridized carbons (Fsp3) is 0.333. The van der Waals surface area contributed by atoms with Crippen LogP contribution in [-0.2, 0) is 22.6 Å². The number of benzene rings is 2. The van der Waals surface area contributed by atoms with Crippen molar-refractivity contribution in [1.29, 1.82) is 0 Å². The minimum atomic E-state index is -0.504. The number of hydrogen-bond acceptors (Lipinski definition) is 7. The minimum absolute atomic E-state index is 0.0940. The number of aromatic nitrogens is 2. The SMILES string of the molecule is COC(=O)c1ccc2c(=O)n(CC(C)C)c(SCC(=O)NCc3cccc(OC)c3)nc2c1. The molecular formula is C24H27N3O5S. The number of hydrogen-bond donors (Lipinski definition) is 1. The number of nitrogens with zero attached hydrogens (tertiary/aromatic N) is 2. The molecule has 0 fully saturated rings. The lowest BCUT2D eigenvalue weighted by atomic mass is 10.1. The largest absolute Gasteiger partial charge is 0.497 e. The highest BCUT2D eigenvalue weighted by Gasteiger charge is 2.16. The van der Waals surface area contributed by atoms with Gasteiger partial charge < -0.3 is 14.8 Å². The normalized spacial score (nSPS) is 10.9. The summed E-state index contributed by atoms with van der Waals surface area (Å²) in [6.07, 6.45) is 0. The second-order valence-corrected chi connectivity index (χ2v) is 8.79. The molecule has 9 heteroatoms. The number of fused-ring (bicyclic) bond motifs is 1. The molecule has 0 atom stereocenters. The monoisotopic (exact) mass is 469 g/mol. The van der Waals surface area contributed by atoms with E-state index in [9.17, 15) is 14.4 Å². The van der Waals surface area contributed by atoms with Crippen molar-refractivity contribution in [2.75, 3.05) is 20.0 Å². The predicted octanol–water partition coefficient (Wildman–Crippen LogP) is 3.26. The Morgan fingerprint density at radius 3 is 2.64 bits per heavy atom. The molecule has 3 aromatic rings. The molecule has 174 valence electrons. The van der Waals surface area contributed by atoms with E-state index in [2.05, 4.69) is 10.3 Å². The summed E-state index contributed by atoms with van der Waals surface area (Å²) in [5.41, 5.74) is 1.42. The molecule has 0 unspecified atom stereocenters. The molecule has 0 aliphatic heterocycles. The number of esters is 1. The van der Waals surface area contributed by atoms with Gasteiger partial charge in [-0.25, -0.2) is 9.78 Å². The number of carbonyl (C=O) groups is 2. The summed E-state index contributed by atoms with van der Waals surface area (Å²) in [5, 5.41) is 3.71. The van der Waals surface area contributed by atoms with Gasteiger partial charge >= 0.3 is 5.97 Å². The van der Waals surface area contributed by atoms with Gasteiger partial charge in [0.25, 0.3) is 5.56 Å². The molecule has 0 aliphatic carbocycles. The van der Waals surface area contributed by atoms with Gasteiger partial charge in [0, 0.05) is 13.1 Å². The van der Waals surface area contributed by atoms with Crippen LogP contribution < -0.4 is 15.6 Å². The Kier molecular flexibility index (Phi) is 8.11. The molecule has 33 heavy (non-hydrogen) atoms. The molecule has 0 spiro atoms. The van der Waals surface area contributed by atoms with E-state index >= 15 is 0 Å². The molecule has 0 aliphatic rings. The zero-order valence-electron chi connectivity index (χ0n) is 19.1. The van der Waals surface area contributed by atoms with Crippen molar-refractivity contribution in [3.05, 3.63) is 63.9 Å². The van der Waals surface area contributed by atoms with Crippen molar-refractivity contribution in [3.63, 3.8) is 0 Å². The fourth-order valence-corrected chi connectivity index (χ4v) is 4.08. The zero-order valence-corrected chi connectivity index (χ0v) is 19.9. The first-order chi connectivity index (χ1) is 15.8. The van der Waals surface area contributed by atoms with E-state index in [0.717, 1.165) is 11.3 Å². The van der Waals surface area contributed by atoms with Crippen LogP contribution in [0.25, 0.3) is 10.9 Å². The molecule has 1 N–H and O–H groups in total. The van der Waals surface area contributed by atoms with Gasteiger partial charge in [-0.2, -0.15) is 0 Å². The van der Waals surface area contributed by atoms with Gasteiger partial charge in [0.2, 0.25) is 5.91 Å². The molecule has 1 aromatic heterocycles. The Balaban J connectivity index is 1.81. The van der Waals surface area contributed by atoms with Crippen molar-refractivity contribution in [2.24, 2.45) is 5.92 Å². The van der Waals surface area contributed by atoms with Gasteiger partial charge in [-0.1, -0.05) is 37.7 Å². The molecule has 0 saturated carbocycles. The van der Waals surface area contributed by atoms with Crippen molar-refractivity contribution in [1.82, 2.24) is 14.9 Å². The summed E-state index contributed by atoms with van der Waals surface area (Å²) in [6, 6.07) is 12.1. The predicted molar refractivity (Wildman–Crippen MR) is 128 cm³/mol. The number of nitrogens with one attached hydrogen (secondary N) is 1. The lowest BCUT2D eigenvalue weighted by molar-refractivity contribution is -0.118. The highest BCUT2D eigenvalue weighted by molar-refractivity contribution is 7.99. The third kappa shape index (κ3) is 6.13. The fourth-order valence-electron chi connectivity index (χ4n) is 3.25. The summed E-state index contributed by atoms with van der Waals surface area (Å²) < 4.78 is 11.6. The lowest BCUT2D eigenvalue weighted by Crippen LogP contribution is -2.28. The van der Waals surface area contributed by atoms with Crippen LogP contribution in [0, 0.1) is 5.92 Å². The molecule has 2 aromatic carbocycles. The van der Waals surface area contributed by atoms with Gasteiger partial charge in [0.1, 0.15) is 5.75 Å². The van der Waals surface area contributed by atoms with Crippen LogP contribution in [-0.4, -0.2) is 41.4 Å². The highest BCUT2D eigenvalue weighted by Crippen LogP contribution is 2.20. The van der Waals surface area contributed by atoms with E-state index in [1.54, 1.807) is 23.8 Å². The van der Waals surface area contributed by atoms with Crippen LogP contribution in [0.4, 0.5) is 0 Å². The number of methoxy groups -OCH3 is 2. The first-order valence-corrected chi connectivity index (χ1v) is 11.5. The van der Waals surface area contributed by atoms with Gasteiger partial charge in [0.15, 0.2) is 5.16 Å². The number of carbonyl (C=O) groups excluding carboxylic acids is 2. The second-order valence-electron chi connectivity index (χ2n) is 7.84. The Bertz CT molecular complexity index is 1220. The lowest BCUT2D eigenvalue weighted by Gasteiger charge is -2.15. The van der Waals surface area contributed by atoms with Gasteiger partial charge in [0.05, 0.1) is 36.4 Å². The maximum Gasteiger partial charge on any atom is 0.337 e. The van der Waals surface area contributed by atoms with Crippen LogP contribution in [0.1, 0.15) is 29.8 Å². The van der Waals surface area contributed by atoms with E-state index in [0.29, 0.717) is 34.7 Å². The average molecular weight is 470 g/mol. The smallest absolute Gasteiger partial charge is 0.337 e. The summed E-state index contributed by atoms with van der Waals surface area (Å²) in [6.45, 7) is 4.84. The van der Waals surface area contributed by atoms with Gasteiger partial charge in [-0.05, 0) is 41.8 Å². The van der Waals surface area contributed by atoms with Crippen LogP contribution in [0.2, 0.25) is 0 Å².